The topological polar surface area (TPSA) is 76.0 Å². The third-order valence-corrected chi connectivity index (χ3v) is 3.60. The predicted molar refractivity (Wildman–Crippen MR) is 68.9 cm³/mol. The van der Waals surface area contributed by atoms with Crippen LogP contribution >= 0.6 is 0 Å². The lowest BCUT2D eigenvalue weighted by Gasteiger charge is -2.19. The summed E-state index contributed by atoms with van der Waals surface area (Å²) in [5.41, 5.74) is 0.269. The number of phenolic OH excluding ortho intramolecular Hbond substituents is 1. The summed E-state index contributed by atoms with van der Waals surface area (Å²) in [4.78, 5) is 11.0. The molecule has 2 rings (SSSR count). The zero-order chi connectivity index (χ0) is 14.9. The van der Waals surface area contributed by atoms with Crippen LogP contribution in [0.25, 0.3) is 0 Å². The van der Waals surface area contributed by atoms with E-state index in [9.17, 15) is 14.3 Å². The highest BCUT2D eigenvalue weighted by Crippen LogP contribution is 2.50. The SMILES string of the molecule is COc1cc(C(CC(=O)O)C2CC2)c(O)c(F)c1OC. The third-order valence-electron chi connectivity index (χ3n) is 3.60. The van der Waals surface area contributed by atoms with Crippen molar-refractivity contribution in [2.45, 2.75) is 25.2 Å². The van der Waals surface area contributed by atoms with Gasteiger partial charge < -0.3 is 19.7 Å². The molecule has 110 valence electrons. The number of ether oxygens (including phenoxy) is 2. The molecule has 0 bridgehead atoms. The number of halogens is 1. The van der Waals surface area contributed by atoms with Crippen molar-refractivity contribution >= 4 is 5.97 Å². The van der Waals surface area contributed by atoms with E-state index in [1.54, 1.807) is 0 Å². The largest absolute Gasteiger partial charge is 0.505 e. The van der Waals surface area contributed by atoms with Crippen molar-refractivity contribution in [3.8, 4) is 17.2 Å². The average Bonchev–Trinajstić information content (AvgIpc) is 3.23. The van der Waals surface area contributed by atoms with Crippen molar-refractivity contribution in [3.05, 3.63) is 17.4 Å². The van der Waals surface area contributed by atoms with Gasteiger partial charge in [-0.15, -0.1) is 0 Å². The van der Waals surface area contributed by atoms with Crippen molar-refractivity contribution in [1.82, 2.24) is 0 Å². The fourth-order valence-electron chi connectivity index (χ4n) is 2.46. The number of carboxylic acid groups (broad SMARTS) is 1. The van der Waals surface area contributed by atoms with E-state index in [0.29, 0.717) is 0 Å². The molecular formula is C14H17FO5. The van der Waals surface area contributed by atoms with Crippen LogP contribution in [0.2, 0.25) is 0 Å². The zero-order valence-electron chi connectivity index (χ0n) is 11.4. The Morgan fingerprint density at radius 1 is 1.45 bits per heavy atom. The van der Waals surface area contributed by atoms with Crippen molar-refractivity contribution in [2.24, 2.45) is 5.92 Å². The fraction of sp³-hybridized carbons (Fsp3) is 0.500. The van der Waals surface area contributed by atoms with Gasteiger partial charge in [0.15, 0.2) is 11.5 Å². The Hall–Kier alpha value is -1.98. The van der Waals surface area contributed by atoms with Crippen molar-refractivity contribution in [1.29, 1.82) is 0 Å². The first kappa shape index (κ1) is 14.4. The summed E-state index contributed by atoms with van der Waals surface area (Å²) in [6, 6.07) is 1.46. The van der Waals surface area contributed by atoms with E-state index in [4.69, 9.17) is 14.6 Å². The zero-order valence-corrected chi connectivity index (χ0v) is 11.4. The van der Waals surface area contributed by atoms with E-state index < -0.39 is 23.5 Å². The molecule has 1 aromatic rings. The highest BCUT2D eigenvalue weighted by Gasteiger charge is 2.37. The number of rotatable bonds is 6. The molecule has 0 aromatic heterocycles. The van der Waals surface area contributed by atoms with E-state index in [2.05, 4.69) is 0 Å². The lowest BCUT2D eigenvalue weighted by Crippen LogP contribution is -2.10. The highest BCUT2D eigenvalue weighted by atomic mass is 19.1. The number of carbonyl (C=O) groups is 1. The van der Waals surface area contributed by atoms with Crippen LogP contribution in [0.1, 0.15) is 30.7 Å². The van der Waals surface area contributed by atoms with Crippen molar-refractivity contribution in [3.63, 3.8) is 0 Å². The van der Waals surface area contributed by atoms with Gasteiger partial charge in [0.25, 0.3) is 0 Å². The van der Waals surface area contributed by atoms with Crippen LogP contribution < -0.4 is 9.47 Å². The Kier molecular flexibility index (Phi) is 4.01. The van der Waals surface area contributed by atoms with E-state index in [-0.39, 0.29) is 29.4 Å². The number of hydrogen-bond acceptors (Lipinski definition) is 4. The number of carboxylic acids is 1. The third kappa shape index (κ3) is 2.64. The summed E-state index contributed by atoms with van der Waals surface area (Å²) in [6.45, 7) is 0. The average molecular weight is 284 g/mol. The van der Waals surface area contributed by atoms with Gasteiger partial charge in [0.05, 0.1) is 20.6 Å². The molecule has 0 heterocycles. The van der Waals surface area contributed by atoms with Gasteiger partial charge in [-0.1, -0.05) is 0 Å². The molecule has 0 saturated heterocycles. The monoisotopic (exact) mass is 284 g/mol. The summed E-state index contributed by atoms with van der Waals surface area (Å²) in [6.07, 6.45) is 1.62. The molecule has 6 heteroatoms. The molecule has 20 heavy (non-hydrogen) atoms. The molecule has 1 aromatic carbocycles. The summed E-state index contributed by atoms with van der Waals surface area (Å²) in [7, 11) is 2.64. The quantitative estimate of drug-likeness (QED) is 0.839. The number of benzene rings is 1. The Morgan fingerprint density at radius 3 is 2.55 bits per heavy atom. The van der Waals surface area contributed by atoms with Crippen LogP contribution in [-0.2, 0) is 4.79 Å². The molecule has 0 amide bonds. The van der Waals surface area contributed by atoms with E-state index >= 15 is 0 Å². The smallest absolute Gasteiger partial charge is 0.303 e. The maximum Gasteiger partial charge on any atom is 0.303 e. The minimum atomic E-state index is -0.975. The maximum atomic E-state index is 14.1. The Labute approximate surface area is 115 Å². The number of hydrogen-bond donors (Lipinski definition) is 2. The molecule has 5 nitrogen and oxygen atoms in total. The second kappa shape index (κ2) is 5.56. The maximum absolute atomic E-state index is 14.1. The summed E-state index contributed by atoms with van der Waals surface area (Å²) in [5.74, 6) is -2.74. The second-order valence-corrected chi connectivity index (χ2v) is 4.91. The number of aromatic hydroxyl groups is 1. The standard InChI is InChI=1S/C14H17FO5/c1-19-10-5-9(13(18)12(15)14(10)20-2)8(6-11(16)17)7-3-4-7/h5,7-8,18H,3-4,6H2,1-2H3,(H,16,17). The molecular weight excluding hydrogens is 267 g/mol. The fourth-order valence-corrected chi connectivity index (χ4v) is 2.46. The van der Waals surface area contributed by atoms with Gasteiger partial charge in [-0.25, -0.2) is 0 Å². The van der Waals surface area contributed by atoms with Crippen molar-refractivity contribution in [2.75, 3.05) is 14.2 Å². The van der Waals surface area contributed by atoms with E-state index in [1.165, 1.54) is 20.3 Å². The first-order chi connectivity index (χ1) is 9.49. The molecule has 1 aliphatic carbocycles. The molecule has 1 unspecified atom stereocenters. The van der Waals surface area contributed by atoms with Gasteiger partial charge in [-0.2, -0.15) is 4.39 Å². The van der Waals surface area contributed by atoms with Crippen LogP contribution in [0.15, 0.2) is 6.07 Å². The minimum Gasteiger partial charge on any atom is -0.505 e. The van der Waals surface area contributed by atoms with Gasteiger partial charge in [-0.05, 0) is 24.8 Å². The van der Waals surface area contributed by atoms with Crippen LogP contribution in [0.3, 0.4) is 0 Å². The van der Waals surface area contributed by atoms with Crippen LogP contribution in [0, 0.1) is 11.7 Å². The summed E-state index contributed by atoms with van der Waals surface area (Å²) in [5, 5.41) is 19.0. The molecule has 1 atom stereocenters. The molecule has 0 aliphatic heterocycles. The molecule has 1 fully saturated rings. The Bertz CT molecular complexity index is 525. The predicted octanol–water partition coefficient (Wildman–Crippen LogP) is 2.52. The Balaban J connectivity index is 2.48. The number of phenols is 1. The number of methoxy groups -OCH3 is 2. The molecule has 0 radical (unpaired) electrons. The molecule has 1 saturated carbocycles. The van der Waals surface area contributed by atoms with Gasteiger partial charge in [-0.3, -0.25) is 4.79 Å². The minimum absolute atomic E-state index is 0.146. The molecule has 0 spiro atoms. The molecule has 2 N–H and O–H groups in total. The van der Waals surface area contributed by atoms with Gasteiger partial charge in [0.1, 0.15) is 0 Å². The first-order valence-electron chi connectivity index (χ1n) is 6.34. The lowest BCUT2D eigenvalue weighted by atomic mass is 9.89. The molecule has 1 aliphatic rings. The van der Waals surface area contributed by atoms with Crippen LogP contribution in [0.5, 0.6) is 17.2 Å². The second-order valence-electron chi connectivity index (χ2n) is 4.91. The van der Waals surface area contributed by atoms with Crippen LogP contribution in [0.4, 0.5) is 4.39 Å². The number of aliphatic carboxylic acids is 1. The van der Waals surface area contributed by atoms with Crippen LogP contribution in [-0.4, -0.2) is 30.4 Å². The van der Waals surface area contributed by atoms with Gasteiger partial charge in [0, 0.05) is 11.5 Å². The highest BCUT2D eigenvalue weighted by molar-refractivity contribution is 5.69. The van der Waals surface area contributed by atoms with Gasteiger partial charge >= 0.3 is 5.97 Å². The Morgan fingerprint density at radius 2 is 2.10 bits per heavy atom. The van der Waals surface area contributed by atoms with E-state index in [0.717, 1.165) is 12.8 Å². The normalized spacial score (nSPS) is 15.8. The van der Waals surface area contributed by atoms with Gasteiger partial charge in [0.2, 0.25) is 11.6 Å². The van der Waals surface area contributed by atoms with Crippen molar-refractivity contribution < 1.29 is 28.9 Å². The summed E-state index contributed by atoms with van der Waals surface area (Å²) < 4.78 is 24.0. The van der Waals surface area contributed by atoms with E-state index in [1.807, 2.05) is 0 Å². The summed E-state index contributed by atoms with van der Waals surface area (Å²) >= 11 is 0. The first-order valence-corrected chi connectivity index (χ1v) is 6.34. The lowest BCUT2D eigenvalue weighted by molar-refractivity contribution is -0.137.